The first kappa shape index (κ1) is 11.4. The van der Waals surface area contributed by atoms with Gasteiger partial charge in [-0.2, -0.15) is 0 Å². The maximum Gasteiger partial charge on any atom is 0.157 e. The van der Waals surface area contributed by atoms with Gasteiger partial charge < -0.3 is 0 Å². The summed E-state index contributed by atoms with van der Waals surface area (Å²) in [5.41, 5.74) is 0.101. The highest BCUT2D eigenvalue weighted by Gasteiger charge is 2.15. The molecular weight excluding hydrogens is 278 g/mol. The van der Waals surface area contributed by atoms with Crippen LogP contribution in [0.3, 0.4) is 0 Å². The Morgan fingerprint density at radius 3 is 2.69 bits per heavy atom. The summed E-state index contributed by atoms with van der Waals surface area (Å²) in [6, 6.07) is 2.19. The SMILES string of the molecule is CC1C=NC(c2cc(F)c(Br)cc2F)=NC1. The number of aliphatic imine (C=N–C) groups is 2. The molecule has 5 heteroatoms. The average Bonchev–Trinajstić information content (AvgIpc) is 2.25. The largest absolute Gasteiger partial charge is 0.266 e. The normalized spacial score (nSPS) is 19.8. The zero-order chi connectivity index (χ0) is 11.7. The molecule has 2 nitrogen and oxygen atoms in total. The van der Waals surface area contributed by atoms with E-state index in [0.717, 1.165) is 12.1 Å². The molecule has 0 saturated carbocycles. The summed E-state index contributed by atoms with van der Waals surface area (Å²) in [6.45, 7) is 2.51. The van der Waals surface area contributed by atoms with Crippen molar-refractivity contribution in [2.45, 2.75) is 6.92 Å². The van der Waals surface area contributed by atoms with Crippen molar-refractivity contribution in [1.29, 1.82) is 0 Å². The van der Waals surface area contributed by atoms with E-state index in [1.807, 2.05) is 6.92 Å². The predicted molar refractivity (Wildman–Crippen MR) is 63.1 cm³/mol. The van der Waals surface area contributed by atoms with E-state index in [9.17, 15) is 8.78 Å². The molecule has 1 aromatic rings. The van der Waals surface area contributed by atoms with Gasteiger partial charge in [0, 0.05) is 18.7 Å². The van der Waals surface area contributed by atoms with Crippen molar-refractivity contribution in [3.8, 4) is 0 Å². The van der Waals surface area contributed by atoms with E-state index in [-0.39, 0.29) is 21.8 Å². The number of benzene rings is 1. The van der Waals surface area contributed by atoms with Crippen LogP contribution < -0.4 is 0 Å². The molecule has 0 spiro atoms. The minimum absolute atomic E-state index is 0.0995. The van der Waals surface area contributed by atoms with E-state index in [0.29, 0.717) is 6.54 Å². The highest BCUT2D eigenvalue weighted by molar-refractivity contribution is 9.10. The van der Waals surface area contributed by atoms with Crippen molar-refractivity contribution in [1.82, 2.24) is 0 Å². The molecule has 0 bridgehead atoms. The van der Waals surface area contributed by atoms with Crippen LogP contribution in [-0.2, 0) is 0 Å². The highest BCUT2D eigenvalue weighted by atomic mass is 79.9. The second-order valence-corrected chi connectivity index (χ2v) is 4.52. The third kappa shape index (κ3) is 2.19. The number of amidine groups is 1. The summed E-state index contributed by atoms with van der Waals surface area (Å²) >= 11 is 2.92. The lowest BCUT2D eigenvalue weighted by Crippen LogP contribution is -2.13. The Kier molecular flexibility index (Phi) is 3.14. The van der Waals surface area contributed by atoms with Gasteiger partial charge in [0.2, 0.25) is 0 Å². The predicted octanol–water partition coefficient (Wildman–Crippen LogP) is 3.19. The Morgan fingerprint density at radius 1 is 1.31 bits per heavy atom. The molecule has 84 valence electrons. The molecule has 0 radical (unpaired) electrons. The number of hydrogen-bond acceptors (Lipinski definition) is 2. The highest BCUT2D eigenvalue weighted by Crippen LogP contribution is 2.21. The monoisotopic (exact) mass is 286 g/mol. The van der Waals surface area contributed by atoms with Crippen molar-refractivity contribution >= 4 is 28.0 Å². The van der Waals surface area contributed by atoms with Gasteiger partial charge in [0.05, 0.1) is 10.0 Å². The van der Waals surface area contributed by atoms with Crippen molar-refractivity contribution < 1.29 is 8.78 Å². The van der Waals surface area contributed by atoms with E-state index in [1.54, 1.807) is 6.21 Å². The molecule has 0 aromatic heterocycles. The van der Waals surface area contributed by atoms with Gasteiger partial charge in [0.15, 0.2) is 5.84 Å². The molecule has 0 fully saturated rings. The summed E-state index contributed by atoms with van der Waals surface area (Å²) in [7, 11) is 0. The van der Waals surface area contributed by atoms with E-state index in [4.69, 9.17) is 0 Å². The fourth-order valence-electron chi connectivity index (χ4n) is 1.36. The molecule has 1 unspecified atom stereocenters. The molecule has 16 heavy (non-hydrogen) atoms. The van der Waals surface area contributed by atoms with Crippen molar-refractivity contribution in [2.24, 2.45) is 15.9 Å². The van der Waals surface area contributed by atoms with Crippen LogP contribution in [0.5, 0.6) is 0 Å². The number of halogens is 3. The Balaban J connectivity index is 2.42. The number of rotatable bonds is 1. The summed E-state index contributed by atoms with van der Waals surface area (Å²) < 4.78 is 26.9. The molecule has 0 N–H and O–H groups in total. The van der Waals surface area contributed by atoms with Crippen LogP contribution in [-0.4, -0.2) is 18.6 Å². The zero-order valence-electron chi connectivity index (χ0n) is 8.54. The zero-order valence-corrected chi connectivity index (χ0v) is 10.1. The maximum absolute atomic E-state index is 13.6. The summed E-state index contributed by atoms with van der Waals surface area (Å²) in [6.07, 6.45) is 1.70. The van der Waals surface area contributed by atoms with Crippen LogP contribution in [0.1, 0.15) is 12.5 Å². The second kappa shape index (κ2) is 4.41. The fourth-order valence-corrected chi connectivity index (χ4v) is 1.68. The standard InChI is InChI=1S/C11H9BrF2N2/c1-6-4-15-11(16-5-6)7-2-10(14)8(12)3-9(7)13/h2-4,6H,5H2,1H3. The minimum Gasteiger partial charge on any atom is -0.266 e. The lowest BCUT2D eigenvalue weighted by Gasteiger charge is -2.11. The molecule has 1 aliphatic rings. The first-order valence-electron chi connectivity index (χ1n) is 4.81. The minimum atomic E-state index is -0.529. The van der Waals surface area contributed by atoms with Crippen LogP contribution in [0.4, 0.5) is 8.78 Å². The Hall–Kier alpha value is -1.10. The van der Waals surface area contributed by atoms with Gasteiger partial charge in [-0.1, -0.05) is 6.92 Å². The van der Waals surface area contributed by atoms with Gasteiger partial charge in [-0.15, -0.1) is 0 Å². The third-order valence-electron chi connectivity index (χ3n) is 2.23. The summed E-state index contributed by atoms with van der Waals surface area (Å²) in [4.78, 5) is 8.12. The molecule has 1 atom stereocenters. The quantitative estimate of drug-likeness (QED) is 0.709. The summed E-state index contributed by atoms with van der Waals surface area (Å²) in [5.74, 6) is -0.555. The van der Waals surface area contributed by atoms with Gasteiger partial charge in [-0.3, -0.25) is 4.99 Å². The number of nitrogens with zero attached hydrogens (tertiary/aromatic N) is 2. The van der Waals surface area contributed by atoms with Crippen LogP contribution >= 0.6 is 15.9 Å². The van der Waals surface area contributed by atoms with Gasteiger partial charge in [0.1, 0.15) is 11.6 Å². The summed E-state index contributed by atoms with van der Waals surface area (Å²) in [5, 5.41) is 0. The van der Waals surface area contributed by atoms with E-state index < -0.39 is 11.6 Å². The average molecular weight is 287 g/mol. The van der Waals surface area contributed by atoms with E-state index >= 15 is 0 Å². The molecular formula is C11H9BrF2N2. The Labute approximate surface area is 100 Å². The molecule has 2 rings (SSSR count). The van der Waals surface area contributed by atoms with Crippen molar-refractivity contribution in [3.05, 3.63) is 33.8 Å². The molecule has 1 heterocycles. The molecule has 0 amide bonds. The van der Waals surface area contributed by atoms with Gasteiger partial charge in [-0.25, -0.2) is 13.8 Å². The topological polar surface area (TPSA) is 24.7 Å². The molecule has 1 aliphatic heterocycles. The van der Waals surface area contributed by atoms with Gasteiger partial charge in [0.25, 0.3) is 0 Å². The Bertz CT molecular complexity index is 483. The van der Waals surface area contributed by atoms with E-state index in [1.165, 1.54) is 0 Å². The first-order chi connectivity index (χ1) is 7.58. The molecule has 0 saturated heterocycles. The smallest absolute Gasteiger partial charge is 0.157 e. The maximum atomic E-state index is 13.6. The van der Waals surface area contributed by atoms with Crippen LogP contribution in [0.2, 0.25) is 0 Å². The number of hydrogen-bond donors (Lipinski definition) is 0. The lowest BCUT2D eigenvalue weighted by molar-refractivity contribution is 0.592. The van der Waals surface area contributed by atoms with Gasteiger partial charge in [-0.05, 0) is 28.1 Å². The third-order valence-corrected chi connectivity index (χ3v) is 2.84. The van der Waals surface area contributed by atoms with Crippen LogP contribution in [0.25, 0.3) is 0 Å². The molecule has 0 aliphatic carbocycles. The molecule has 1 aromatic carbocycles. The van der Waals surface area contributed by atoms with E-state index in [2.05, 4.69) is 25.9 Å². The lowest BCUT2D eigenvalue weighted by atomic mass is 10.1. The second-order valence-electron chi connectivity index (χ2n) is 3.67. The fraction of sp³-hybridized carbons (Fsp3) is 0.273. The Morgan fingerprint density at radius 2 is 2.06 bits per heavy atom. The first-order valence-corrected chi connectivity index (χ1v) is 5.61. The van der Waals surface area contributed by atoms with Crippen LogP contribution in [0.15, 0.2) is 26.6 Å². The van der Waals surface area contributed by atoms with Crippen molar-refractivity contribution in [2.75, 3.05) is 6.54 Å². The van der Waals surface area contributed by atoms with Crippen LogP contribution in [0, 0.1) is 17.6 Å². The van der Waals surface area contributed by atoms with Crippen molar-refractivity contribution in [3.63, 3.8) is 0 Å². The van der Waals surface area contributed by atoms with Gasteiger partial charge >= 0.3 is 0 Å².